The van der Waals surface area contributed by atoms with Gasteiger partial charge in [-0.15, -0.1) is 0 Å². The predicted octanol–water partition coefficient (Wildman–Crippen LogP) is 2.88. The number of hydrogen-bond donors (Lipinski definition) is 1. The Kier molecular flexibility index (Phi) is 4.68. The Morgan fingerprint density at radius 2 is 2.07 bits per heavy atom. The van der Waals surface area contributed by atoms with Gasteiger partial charge in [-0.3, -0.25) is 0 Å². The SMILES string of the molecule is CCCNC(=O)OC(C)c1ccccc1. The van der Waals surface area contributed by atoms with Crippen molar-refractivity contribution in [2.45, 2.75) is 26.4 Å². The molecule has 0 aliphatic heterocycles. The summed E-state index contributed by atoms with van der Waals surface area (Å²) in [6.45, 7) is 4.52. The summed E-state index contributed by atoms with van der Waals surface area (Å²) >= 11 is 0. The Morgan fingerprint density at radius 3 is 2.67 bits per heavy atom. The number of hydrogen-bond acceptors (Lipinski definition) is 2. The lowest BCUT2D eigenvalue weighted by Gasteiger charge is -2.13. The van der Waals surface area contributed by atoms with Gasteiger partial charge in [0.05, 0.1) is 0 Å². The van der Waals surface area contributed by atoms with Crippen molar-refractivity contribution in [3.05, 3.63) is 35.9 Å². The predicted molar refractivity (Wildman–Crippen MR) is 59.6 cm³/mol. The number of carbonyl (C=O) groups excluding carboxylic acids is 1. The van der Waals surface area contributed by atoms with E-state index in [1.165, 1.54) is 0 Å². The van der Waals surface area contributed by atoms with Crippen LogP contribution < -0.4 is 5.32 Å². The second-order valence-electron chi connectivity index (χ2n) is 3.38. The summed E-state index contributed by atoms with van der Waals surface area (Å²) in [6, 6.07) is 9.68. The molecule has 0 bridgehead atoms. The van der Waals surface area contributed by atoms with Crippen molar-refractivity contribution in [1.29, 1.82) is 0 Å². The topological polar surface area (TPSA) is 38.3 Å². The molecule has 1 unspecified atom stereocenters. The molecular weight excluding hydrogens is 190 g/mol. The van der Waals surface area contributed by atoms with Crippen molar-refractivity contribution >= 4 is 6.09 Å². The first-order valence-electron chi connectivity index (χ1n) is 5.23. The number of amides is 1. The fraction of sp³-hybridized carbons (Fsp3) is 0.417. The van der Waals surface area contributed by atoms with Gasteiger partial charge in [0.25, 0.3) is 0 Å². The van der Waals surface area contributed by atoms with Crippen molar-refractivity contribution in [3.8, 4) is 0 Å². The Hall–Kier alpha value is -1.51. The van der Waals surface area contributed by atoms with Gasteiger partial charge >= 0.3 is 6.09 Å². The second-order valence-corrected chi connectivity index (χ2v) is 3.38. The van der Waals surface area contributed by atoms with Crippen LogP contribution in [-0.4, -0.2) is 12.6 Å². The number of ether oxygens (including phenoxy) is 1. The lowest BCUT2D eigenvalue weighted by atomic mass is 10.1. The van der Waals surface area contributed by atoms with E-state index in [2.05, 4.69) is 5.32 Å². The van der Waals surface area contributed by atoms with Gasteiger partial charge in [-0.25, -0.2) is 4.79 Å². The molecule has 0 aromatic heterocycles. The van der Waals surface area contributed by atoms with Crippen molar-refractivity contribution in [2.24, 2.45) is 0 Å². The maximum atomic E-state index is 11.3. The lowest BCUT2D eigenvalue weighted by Crippen LogP contribution is -2.25. The van der Waals surface area contributed by atoms with E-state index in [9.17, 15) is 4.79 Å². The van der Waals surface area contributed by atoms with Gasteiger partial charge in [0.1, 0.15) is 6.10 Å². The van der Waals surface area contributed by atoms with E-state index in [0.717, 1.165) is 12.0 Å². The van der Waals surface area contributed by atoms with Crippen LogP contribution in [0.4, 0.5) is 4.79 Å². The minimum absolute atomic E-state index is 0.206. The Morgan fingerprint density at radius 1 is 1.40 bits per heavy atom. The normalized spacial score (nSPS) is 11.9. The Labute approximate surface area is 90.4 Å². The minimum atomic E-state index is -0.354. The van der Waals surface area contributed by atoms with Crippen LogP contribution in [0.25, 0.3) is 0 Å². The standard InChI is InChI=1S/C12H17NO2/c1-3-9-13-12(14)15-10(2)11-7-5-4-6-8-11/h4-8,10H,3,9H2,1-2H3,(H,13,14). The highest BCUT2D eigenvalue weighted by atomic mass is 16.6. The summed E-state index contributed by atoms with van der Waals surface area (Å²) in [7, 11) is 0. The van der Waals surface area contributed by atoms with E-state index in [1.54, 1.807) is 0 Å². The molecule has 1 rings (SSSR count). The van der Waals surface area contributed by atoms with Crippen molar-refractivity contribution in [3.63, 3.8) is 0 Å². The molecule has 3 heteroatoms. The van der Waals surface area contributed by atoms with E-state index in [1.807, 2.05) is 44.2 Å². The molecule has 0 aliphatic rings. The first kappa shape index (κ1) is 11.6. The van der Waals surface area contributed by atoms with Gasteiger partial charge in [-0.1, -0.05) is 37.3 Å². The van der Waals surface area contributed by atoms with Crippen molar-refractivity contribution < 1.29 is 9.53 Å². The number of nitrogens with one attached hydrogen (secondary N) is 1. The fourth-order valence-electron chi connectivity index (χ4n) is 1.22. The van der Waals surface area contributed by atoms with Crippen LogP contribution in [0, 0.1) is 0 Å². The molecule has 82 valence electrons. The molecule has 0 fully saturated rings. The number of alkyl carbamates (subject to hydrolysis) is 1. The van der Waals surface area contributed by atoms with Crippen LogP contribution in [0.3, 0.4) is 0 Å². The first-order valence-corrected chi connectivity index (χ1v) is 5.23. The van der Waals surface area contributed by atoms with Crippen LogP contribution in [0.1, 0.15) is 31.9 Å². The molecule has 3 nitrogen and oxygen atoms in total. The number of benzene rings is 1. The molecule has 0 saturated carbocycles. The summed E-state index contributed by atoms with van der Waals surface area (Å²) < 4.78 is 5.19. The molecule has 0 radical (unpaired) electrons. The maximum Gasteiger partial charge on any atom is 0.407 e. The quantitative estimate of drug-likeness (QED) is 0.824. The number of carbonyl (C=O) groups is 1. The van der Waals surface area contributed by atoms with Gasteiger partial charge in [0.2, 0.25) is 0 Å². The first-order chi connectivity index (χ1) is 7.24. The average molecular weight is 207 g/mol. The summed E-state index contributed by atoms with van der Waals surface area (Å²) in [5, 5.41) is 2.67. The van der Waals surface area contributed by atoms with E-state index in [-0.39, 0.29) is 12.2 Å². The summed E-state index contributed by atoms with van der Waals surface area (Å²) in [4.78, 5) is 11.3. The summed E-state index contributed by atoms with van der Waals surface area (Å²) in [6.07, 6.45) is 0.353. The van der Waals surface area contributed by atoms with E-state index in [4.69, 9.17) is 4.74 Å². The van der Waals surface area contributed by atoms with Crippen LogP contribution in [0.5, 0.6) is 0 Å². The molecule has 0 aliphatic carbocycles. The molecule has 1 N–H and O–H groups in total. The average Bonchev–Trinajstić information content (AvgIpc) is 2.27. The monoisotopic (exact) mass is 207 g/mol. The van der Waals surface area contributed by atoms with Crippen LogP contribution in [0.2, 0.25) is 0 Å². The minimum Gasteiger partial charge on any atom is -0.442 e. The highest BCUT2D eigenvalue weighted by Crippen LogP contribution is 2.15. The lowest BCUT2D eigenvalue weighted by molar-refractivity contribution is 0.107. The molecule has 0 saturated heterocycles. The highest BCUT2D eigenvalue weighted by Gasteiger charge is 2.09. The third-order valence-corrected chi connectivity index (χ3v) is 2.07. The van der Waals surface area contributed by atoms with Gasteiger partial charge < -0.3 is 10.1 Å². The molecular formula is C12H17NO2. The maximum absolute atomic E-state index is 11.3. The van der Waals surface area contributed by atoms with Gasteiger partial charge in [0, 0.05) is 6.54 Å². The molecule has 1 aromatic carbocycles. The molecule has 1 aromatic rings. The zero-order valence-corrected chi connectivity index (χ0v) is 9.19. The van der Waals surface area contributed by atoms with Crippen molar-refractivity contribution in [1.82, 2.24) is 5.32 Å². The van der Waals surface area contributed by atoms with Gasteiger partial charge in [0.15, 0.2) is 0 Å². The largest absolute Gasteiger partial charge is 0.442 e. The third kappa shape index (κ3) is 4.02. The fourth-order valence-corrected chi connectivity index (χ4v) is 1.22. The smallest absolute Gasteiger partial charge is 0.407 e. The molecule has 1 atom stereocenters. The van der Waals surface area contributed by atoms with Crippen LogP contribution in [-0.2, 0) is 4.74 Å². The van der Waals surface area contributed by atoms with Crippen LogP contribution in [0.15, 0.2) is 30.3 Å². The molecule has 1 amide bonds. The Balaban J connectivity index is 2.42. The van der Waals surface area contributed by atoms with E-state index >= 15 is 0 Å². The summed E-state index contributed by atoms with van der Waals surface area (Å²) in [5.74, 6) is 0. The summed E-state index contributed by atoms with van der Waals surface area (Å²) in [5.41, 5.74) is 1.00. The zero-order chi connectivity index (χ0) is 11.1. The molecule has 15 heavy (non-hydrogen) atoms. The molecule has 0 heterocycles. The highest BCUT2D eigenvalue weighted by molar-refractivity contribution is 5.67. The van der Waals surface area contributed by atoms with Gasteiger partial charge in [-0.2, -0.15) is 0 Å². The van der Waals surface area contributed by atoms with Crippen molar-refractivity contribution in [2.75, 3.05) is 6.54 Å². The van der Waals surface area contributed by atoms with E-state index in [0.29, 0.717) is 6.54 Å². The van der Waals surface area contributed by atoms with Gasteiger partial charge in [-0.05, 0) is 18.9 Å². The zero-order valence-electron chi connectivity index (χ0n) is 9.19. The Bertz CT molecular complexity index is 298. The van der Waals surface area contributed by atoms with E-state index < -0.39 is 0 Å². The van der Waals surface area contributed by atoms with Crippen LogP contribution >= 0.6 is 0 Å². The second kappa shape index (κ2) is 6.06. The molecule has 0 spiro atoms. The number of rotatable bonds is 4. The third-order valence-electron chi connectivity index (χ3n) is 2.07.